The Labute approximate surface area is 261 Å². The molecule has 0 aromatic heterocycles. The standard InChI is InChI=1S/C36H71NO5/c1-5-9-26-34(8-4)36(40)42-32-23-19-15-11-13-17-21-28-37(29-24-30-38)27-20-16-12-10-14-18-22-31-41-35(39)33(7-3)25-6-2/h33-34,38H,5-32H2,1-4H3. The van der Waals surface area contributed by atoms with Crippen molar-refractivity contribution in [3.05, 3.63) is 0 Å². The van der Waals surface area contributed by atoms with E-state index in [-0.39, 0.29) is 30.4 Å². The van der Waals surface area contributed by atoms with Crippen LogP contribution in [0.1, 0.15) is 169 Å². The second-order valence-electron chi connectivity index (χ2n) is 12.3. The Morgan fingerprint density at radius 2 is 0.929 bits per heavy atom. The molecule has 0 fully saturated rings. The topological polar surface area (TPSA) is 76.1 Å². The lowest BCUT2D eigenvalue weighted by Crippen LogP contribution is -2.27. The van der Waals surface area contributed by atoms with Gasteiger partial charge in [-0.05, 0) is 70.9 Å². The molecule has 250 valence electrons. The quantitative estimate of drug-likeness (QED) is 0.0615. The van der Waals surface area contributed by atoms with E-state index in [1.165, 1.54) is 64.2 Å². The normalized spacial score (nSPS) is 12.9. The molecule has 0 aliphatic heterocycles. The number of nitrogens with zero attached hydrogens (tertiary/aromatic N) is 1. The van der Waals surface area contributed by atoms with Gasteiger partial charge >= 0.3 is 11.9 Å². The molecule has 0 spiro atoms. The first-order chi connectivity index (χ1) is 20.5. The van der Waals surface area contributed by atoms with E-state index in [0.29, 0.717) is 13.2 Å². The number of aliphatic hydroxyl groups is 1. The number of carbonyl (C=O) groups excluding carboxylic acids is 2. The van der Waals surface area contributed by atoms with E-state index in [1.807, 2.05) is 0 Å². The number of aliphatic hydroxyl groups excluding tert-OH is 1. The first-order valence-corrected chi connectivity index (χ1v) is 18.2. The number of unbranched alkanes of at least 4 members (excludes halogenated alkanes) is 13. The zero-order valence-electron chi connectivity index (χ0n) is 28.5. The molecule has 0 heterocycles. The van der Waals surface area contributed by atoms with Crippen LogP contribution >= 0.6 is 0 Å². The summed E-state index contributed by atoms with van der Waals surface area (Å²) in [5.74, 6) is 0.183. The first kappa shape index (κ1) is 40.9. The highest BCUT2D eigenvalue weighted by molar-refractivity contribution is 5.72. The number of rotatable bonds is 32. The predicted octanol–water partition coefficient (Wildman–Crippen LogP) is 9.26. The summed E-state index contributed by atoms with van der Waals surface area (Å²) in [4.78, 5) is 26.8. The molecule has 0 saturated carbocycles. The van der Waals surface area contributed by atoms with Crippen LogP contribution in [0.2, 0.25) is 0 Å². The van der Waals surface area contributed by atoms with Crippen molar-refractivity contribution in [3.63, 3.8) is 0 Å². The zero-order valence-corrected chi connectivity index (χ0v) is 28.5. The van der Waals surface area contributed by atoms with Crippen molar-refractivity contribution in [1.82, 2.24) is 4.90 Å². The number of hydrogen-bond acceptors (Lipinski definition) is 6. The van der Waals surface area contributed by atoms with Gasteiger partial charge in [0.15, 0.2) is 0 Å². The van der Waals surface area contributed by atoms with Crippen molar-refractivity contribution in [2.75, 3.05) is 39.5 Å². The van der Waals surface area contributed by atoms with Gasteiger partial charge in [0.25, 0.3) is 0 Å². The van der Waals surface area contributed by atoms with Crippen molar-refractivity contribution in [2.24, 2.45) is 11.8 Å². The lowest BCUT2D eigenvalue weighted by molar-refractivity contribution is -0.150. The van der Waals surface area contributed by atoms with Gasteiger partial charge in [-0.3, -0.25) is 9.59 Å². The lowest BCUT2D eigenvalue weighted by atomic mass is 10.00. The molecule has 0 rings (SSSR count). The average Bonchev–Trinajstić information content (AvgIpc) is 3.00. The largest absolute Gasteiger partial charge is 0.465 e. The summed E-state index contributed by atoms with van der Waals surface area (Å²) in [7, 11) is 0. The first-order valence-electron chi connectivity index (χ1n) is 18.2. The van der Waals surface area contributed by atoms with Gasteiger partial charge in [-0.2, -0.15) is 0 Å². The molecular formula is C36H71NO5. The van der Waals surface area contributed by atoms with Crippen LogP contribution in [0.5, 0.6) is 0 Å². The SMILES string of the molecule is CCCCC(CC)C(=O)OCCCCCCCCCN(CCCO)CCCCCCCCCOC(=O)C(CC)CCC. The van der Waals surface area contributed by atoms with Gasteiger partial charge in [0.05, 0.1) is 25.0 Å². The molecule has 0 aliphatic rings. The van der Waals surface area contributed by atoms with E-state index in [0.717, 1.165) is 96.7 Å². The molecule has 0 radical (unpaired) electrons. The monoisotopic (exact) mass is 598 g/mol. The average molecular weight is 598 g/mol. The zero-order chi connectivity index (χ0) is 31.1. The maximum atomic E-state index is 12.2. The third-order valence-corrected chi connectivity index (χ3v) is 8.55. The van der Waals surface area contributed by atoms with Gasteiger partial charge in [0, 0.05) is 13.2 Å². The number of hydrogen-bond donors (Lipinski definition) is 1. The third-order valence-electron chi connectivity index (χ3n) is 8.55. The van der Waals surface area contributed by atoms with Crippen LogP contribution in [0, 0.1) is 11.8 Å². The summed E-state index contributed by atoms with van der Waals surface area (Å²) in [6.45, 7) is 13.2. The second kappa shape index (κ2) is 31.3. The summed E-state index contributed by atoms with van der Waals surface area (Å²) in [6.07, 6.45) is 24.6. The number of carbonyl (C=O) groups is 2. The van der Waals surface area contributed by atoms with Gasteiger partial charge < -0.3 is 19.5 Å². The van der Waals surface area contributed by atoms with Gasteiger partial charge in [0.2, 0.25) is 0 Å². The number of esters is 2. The Kier molecular flexibility index (Phi) is 30.4. The summed E-state index contributed by atoms with van der Waals surface area (Å²) in [6, 6.07) is 0. The van der Waals surface area contributed by atoms with Crippen LogP contribution in [0.4, 0.5) is 0 Å². The van der Waals surface area contributed by atoms with Crippen LogP contribution < -0.4 is 0 Å². The Balaban J connectivity index is 3.74. The van der Waals surface area contributed by atoms with Crippen molar-refractivity contribution in [2.45, 2.75) is 169 Å². The van der Waals surface area contributed by atoms with E-state index in [2.05, 4.69) is 32.6 Å². The minimum absolute atomic E-state index is 0.000508. The van der Waals surface area contributed by atoms with Gasteiger partial charge in [-0.1, -0.05) is 111 Å². The van der Waals surface area contributed by atoms with Crippen LogP contribution in [0.3, 0.4) is 0 Å². The van der Waals surface area contributed by atoms with Crippen LogP contribution in [0.15, 0.2) is 0 Å². The van der Waals surface area contributed by atoms with Crippen molar-refractivity contribution in [1.29, 1.82) is 0 Å². The lowest BCUT2D eigenvalue weighted by Gasteiger charge is -2.22. The molecule has 6 nitrogen and oxygen atoms in total. The van der Waals surface area contributed by atoms with Crippen LogP contribution in [0.25, 0.3) is 0 Å². The maximum Gasteiger partial charge on any atom is 0.308 e. The highest BCUT2D eigenvalue weighted by atomic mass is 16.5. The number of ether oxygens (including phenoxy) is 2. The molecule has 2 atom stereocenters. The molecule has 1 N–H and O–H groups in total. The molecule has 0 bridgehead atoms. The van der Waals surface area contributed by atoms with E-state index >= 15 is 0 Å². The Morgan fingerprint density at radius 1 is 0.524 bits per heavy atom. The van der Waals surface area contributed by atoms with Crippen molar-refractivity contribution < 1.29 is 24.2 Å². The highest BCUT2D eigenvalue weighted by Gasteiger charge is 2.17. The summed E-state index contributed by atoms with van der Waals surface area (Å²) in [5.41, 5.74) is 0. The Morgan fingerprint density at radius 3 is 1.33 bits per heavy atom. The maximum absolute atomic E-state index is 12.2. The summed E-state index contributed by atoms with van der Waals surface area (Å²) < 4.78 is 11.0. The second-order valence-corrected chi connectivity index (χ2v) is 12.3. The van der Waals surface area contributed by atoms with E-state index in [9.17, 15) is 14.7 Å². The molecule has 0 amide bonds. The van der Waals surface area contributed by atoms with Crippen molar-refractivity contribution in [3.8, 4) is 0 Å². The molecule has 0 saturated heterocycles. The van der Waals surface area contributed by atoms with Gasteiger partial charge in [-0.25, -0.2) is 0 Å². The molecule has 0 aromatic rings. The molecule has 42 heavy (non-hydrogen) atoms. The Hall–Kier alpha value is -1.14. The molecule has 6 heteroatoms. The molecule has 2 unspecified atom stereocenters. The van der Waals surface area contributed by atoms with Crippen LogP contribution in [-0.2, 0) is 19.1 Å². The fourth-order valence-electron chi connectivity index (χ4n) is 5.63. The van der Waals surface area contributed by atoms with Crippen molar-refractivity contribution >= 4 is 11.9 Å². The molecular weight excluding hydrogens is 526 g/mol. The fourth-order valence-corrected chi connectivity index (χ4v) is 5.63. The molecule has 0 aromatic carbocycles. The van der Waals surface area contributed by atoms with Crippen LogP contribution in [-0.4, -0.2) is 61.4 Å². The fraction of sp³-hybridized carbons (Fsp3) is 0.944. The third kappa shape index (κ3) is 24.3. The van der Waals surface area contributed by atoms with E-state index < -0.39 is 0 Å². The minimum Gasteiger partial charge on any atom is -0.465 e. The Bertz CT molecular complexity index is 599. The highest BCUT2D eigenvalue weighted by Crippen LogP contribution is 2.16. The van der Waals surface area contributed by atoms with Gasteiger partial charge in [-0.15, -0.1) is 0 Å². The summed E-state index contributed by atoms with van der Waals surface area (Å²) >= 11 is 0. The smallest absolute Gasteiger partial charge is 0.308 e. The minimum atomic E-state index is -0.000508. The predicted molar refractivity (Wildman–Crippen MR) is 177 cm³/mol. The van der Waals surface area contributed by atoms with E-state index in [1.54, 1.807) is 0 Å². The summed E-state index contributed by atoms with van der Waals surface area (Å²) in [5, 5.41) is 9.29. The van der Waals surface area contributed by atoms with Gasteiger partial charge in [0.1, 0.15) is 0 Å². The molecule has 0 aliphatic carbocycles. The van der Waals surface area contributed by atoms with E-state index in [4.69, 9.17) is 9.47 Å².